The van der Waals surface area contributed by atoms with Gasteiger partial charge in [-0.3, -0.25) is 19.3 Å². The average Bonchev–Trinajstić information content (AvgIpc) is 2.71. The first-order valence-corrected chi connectivity index (χ1v) is 7.59. The summed E-state index contributed by atoms with van der Waals surface area (Å²) in [6, 6.07) is 5.29. The third-order valence-corrected chi connectivity index (χ3v) is 4.09. The lowest BCUT2D eigenvalue weighted by Crippen LogP contribution is -2.34. The summed E-state index contributed by atoms with van der Waals surface area (Å²) >= 11 is 3.26. The summed E-state index contributed by atoms with van der Waals surface area (Å²) in [4.78, 5) is 49.3. The Hall–Kier alpha value is -2.22. The van der Waals surface area contributed by atoms with Crippen molar-refractivity contribution in [3.8, 4) is 0 Å². The van der Waals surface area contributed by atoms with Gasteiger partial charge in [-0.2, -0.15) is 0 Å². The molecule has 0 radical (unpaired) electrons. The fourth-order valence-corrected chi connectivity index (χ4v) is 2.42. The Labute approximate surface area is 141 Å². The number of imide groups is 1. The molecule has 8 heteroatoms. The van der Waals surface area contributed by atoms with Gasteiger partial charge in [-0.1, -0.05) is 28.1 Å². The lowest BCUT2D eigenvalue weighted by Gasteiger charge is -2.15. The number of halogens is 1. The van der Waals surface area contributed by atoms with E-state index >= 15 is 0 Å². The van der Waals surface area contributed by atoms with Crippen LogP contribution in [0.25, 0.3) is 0 Å². The number of Topliss-reactive ketones (excluding diaryl/α,β-unsaturated/α-hetero) is 1. The molecule has 7 nitrogen and oxygen atoms in total. The fraction of sp³-hybridized carbons (Fsp3) is 0.333. The Kier molecular flexibility index (Phi) is 5.15. The van der Waals surface area contributed by atoms with Gasteiger partial charge >= 0.3 is 12.0 Å². The molecule has 2 rings (SSSR count). The minimum absolute atomic E-state index is 0.279. The first kappa shape index (κ1) is 17.1. The molecular weight excluding hydrogens is 368 g/mol. The third kappa shape index (κ3) is 3.76. The second kappa shape index (κ2) is 6.91. The molecule has 1 aromatic carbocycles. The highest BCUT2D eigenvalue weighted by Gasteiger charge is 2.42. The van der Waals surface area contributed by atoms with Crippen molar-refractivity contribution in [2.75, 3.05) is 20.7 Å². The molecule has 1 aliphatic rings. The van der Waals surface area contributed by atoms with E-state index in [4.69, 9.17) is 4.74 Å². The quantitative estimate of drug-likeness (QED) is 0.437. The summed E-state index contributed by atoms with van der Waals surface area (Å²) in [5, 5.41) is 0. The normalized spacial score (nSPS) is 17.6. The standard InChI is InChI=1S/C15H15BrN2O5/c1-17-11(14(21)18(2)15(17)22)7-13(20)23-8-12(19)9-3-5-10(16)6-4-9/h3-6,11H,7-8H2,1-2H3. The van der Waals surface area contributed by atoms with Crippen molar-refractivity contribution >= 4 is 39.6 Å². The van der Waals surface area contributed by atoms with Crippen LogP contribution in [0.4, 0.5) is 4.79 Å². The van der Waals surface area contributed by atoms with Gasteiger partial charge in [-0.25, -0.2) is 4.79 Å². The average molecular weight is 383 g/mol. The number of esters is 1. The molecule has 1 saturated heterocycles. The summed E-state index contributed by atoms with van der Waals surface area (Å²) in [5.74, 6) is -1.51. The number of likely N-dealkylation sites (N-methyl/N-ethyl adjacent to an activating group) is 2. The Morgan fingerprint density at radius 2 is 1.78 bits per heavy atom. The zero-order chi connectivity index (χ0) is 17.1. The van der Waals surface area contributed by atoms with Crippen molar-refractivity contribution < 1.29 is 23.9 Å². The molecule has 1 fully saturated rings. The van der Waals surface area contributed by atoms with E-state index in [1.165, 1.54) is 19.0 Å². The summed E-state index contributed by atoms with van der Waals surface area (Å²) in [7, 11) is 2.79. The molecule has 0 N–H and O–H groups in total. The maximum Gasteiger partial charge on any atom is 0.326 e. The van der Waals surface area contributed by atoms with Gasteiger partial charge < -0.3 is 9.64 Å². The molecule has 122 valence electrons. The van der Waals surface area contributed by atoms with Gasteiger partial charge in [-0.15, -0.1) is 0 Å². The van der Waals surface area contributed by atoms with E-state index in [-0.39, 0.29) is 12.2 Å². The Morgan fingerprint density at radius 3 is 2.30 bits per heavy atom. The van der Waals surface area contributed by atoms with Gasteiger partial charge in [0.2, 0.25) is 0 Å². The largest absolute Gasteiger partial charge is 0.457 e. The fourth-order valence-electron chi connectivity index (χ4n) is 2.16. The smallest absolute Gasteiger partial charge is 0.326 e. The van der Waals surface area contributed by atoms with Gasteiger partial charge in [0, 0.05) is 24.1 Å². The SMILES string of the molecule is CN1C(=O)C(CC(=O)OCC(=O)c2ccc(Br)cc2)N(C)C1=O. The van der Waals surface area contributed by atoms with E-state index in [1.54, 1.807) is 24.3 Å². The van der Waals surface area contributed by atoms with Gasteiger partial charge in [-0.05, 0) is 12.1 Å². The van der Waals surface area contributed by atoms with E-state index in [1.807, 2.05) is 0 Å². The predicted molar refractivity (Wildman–Crippen MR) is 83.8 cm³/mol. The van der Waals surface area contributed by atoms with Crippen LogP contribution in [0.2, 0.25) is 0 Å². The maximum atomic E-state index is 11.9. The van der Waals surface area contributed by atoms with E-state index in [0.29, 0.717) is 5.56 Å². The lowest BCUT2D eigenvalue weighted by atomic mass is 10.1. The van der Waals surface area contributed by atoms with Crippen LogP contribution in [0, 0.1) is 0 Å². The first-order valence-electron chi connectivity index (χ1n) is 6.80. The minimum atomic E-state index is -0.886. The number of ketones is 1. The summed E-state index contributed by atoms with van der Waals surface area (Å²) in [5.41, 5.74) is 0.421. The Bertz CT molecular complexity index is 658. The molecule has 0 aromatic heterocycles. The van der Waals surface area contributed by atoms with Crippen LogP contribution in [-0.4, -0.2) is 60.2 Å². The van der Waals surface area contributed by atoms with Gasteiger partial charge in [0.15, 0.2) is 12.4 Å². The highest BCUT2D eigenvalue weighted by atomic mass is 79.9. The second-order valence-electron chi connectivity index (χ2n) is 5.10. The van der Waals surface area contributed by atoms with Crippen LogP contribution < -0.4 is 0 Å². The number of amides is 3. The van der Waals surface area contributed by atoms with Crippen LogP contribution in [0.15, 0.2) is 28.7 Å². The number of carbonyl (C=O) groups is 4. The molecule has 1 aliphatic heterocycles. The first-order chi connectivity index (χ1) is 10.8. The molecule has 1 atom stereocenters. The van der Waals surface area contributed by atoms with Crippen molar-refractivity contribution in [3.05, 3.63) is 34.3 Å². The number of carbonyl (C=O) groups excluding carboxylic acids is 4. The monoisotopic (exact) mass is 382 g/mol. The lowest BCUT2D eigenvalue weighted by molar-refractivity contribution is -0.145. The Balaban J connectivity index is 1.88. The number of urea groups is 1. The number of hydrogen-bond acceptors (Lipinski definition) is 5. The van der Waals surface area contributed by atoms with E-state index in [2.05, 4.69) is 15.9 Å². The van der Waals surface area contributed by atoms with Gasteiger partial charge in [0.25, 0.3) is 5.91 Å². The third-order valence-electron chi connectivity index (χ3n) is 3.56. The molecule has 0 saturated carbocycles. The van der Waals surface area contributed by atoms with Crippen LogP contribution in [0.5, 0.6) is 0 Å². The summed E-state index contributed by atoms with van der Waals surface area (Å²) < 4.78 is 5.74. The zero-order valence-corrected chi connectivity index (χ0v) is 14.2. The molecular formula is C15H15BrN2O5. The second-order valence-corrected chi connectivity index (χ2v) is 6.02. The van der Waals surface area contributed by atoms with Crippen molar-refractivity contribution in [2.24, 2.45) is 0 Å². The van der Waals surface area contributed by atoms with E-state index in [9.17, 15) is 19.2 Å². The van der Waals surface area contributed by atoms with E-state index < -0.39 is 30.6 Å². The van der Waals surface area contributed by atoms with Crippen molar-refractivity contribution in [3.63, 3.8) is 0 Å². The van der Waals surface area contributed by atoms with Crippen LogP contribution >= 0.6 is 15.9 Å². The maximum absolute atomic E-state index is 11.9. The molecule has 0 bridgehead atoms. The summed E-state index contributed by atoms with van der Waals surface area (Å²) in [6.45, 7) is -0.408. The number of benzene rings is 1. The number of hydrogen-bond donors (Lipinski definition) is 0. The number of ether oxygens (including phenoxy) is 1. The highest BCUT2D eigenvalue weighted by molar-refractivity contribution is 9.10. The number of rotatable bonds is 5. The van der Waals surface area contributed by atoms with Gasteiger partial charge in [0.1, 0.15) is 6.04 Å². The van der Waals surface area contributed by atoms with Crippen molar-refractivity contribution in [1.29, 1.82) is 0 Å². The van der Waals surface area contributed by atoms with Crippen LogP contribution in [0.1, 0.15) is 16.8 Å². The number of nitrogens with zero attached hydrogens (tertiary/aromatic N) is 2. The van der Waals surface area contributed by atoms with E-state index in [0.717, 1.165) is 9.37 Å². The molecule has 1 unspecified atom stereocenters. The molecule has 23 heavy (non-hydrogen) atoms. The zero-order valence-electron chi connectivity index (χ0n) is 12.6. The molecule has 3 amide bonds. The van der Waals surface area contributed by atoms with Crippen molar-refractivity contribution in [1.82, 2.24) is 9.80 Å². The Morgan fingerprint density at radius 1 is 1.17 bits per heavy atom. The molecule has 0 spiro atoms. The summed E-state index contributed by atoms with van der Waals surface area (Å²) in [6.07, 6.45) is -0.279. The molecule has 0 aliphatic carbocycles. The molecule has 1 heterocycles. The topological polar surface area (TPSA) is 84.0 Å². The van der Waals surface area contributed by atoms with Crippen LogP contribution in [0.3, 0.4) is 0 Å². The van der Waals surface area contributed by atoms with Gasteiger partial charge in [0.05, 0.1) is 6.42 Å². The molecule has 1 aromatic rings. The van der Waals surface area contributed by atoms with Crippen LogP contribution in [-0.2, 0) is 14.3 Å². The minimum Gasteiger partial charge on any atom is -0.457 e. The predicted octanol–water partition coefficient (Wildman–Crippen LogP) is 1.46. The van der Waals surface area contributed by atoms with Crippen molar-refractivity contribution in [2.45, 2.75) is 12.5 Å². The highest BCUT2D eigenvalue weighted by Crippen LogP contribution is 2.17.